The fourth-order valence-corrected chi connectivity index (χ4v) is 1.81. The third kappa shape index (κ3) is 2.54. The zero-order chi connectivity index (χ0) is 12.2. The van der Waals surface area contributed by atoms with E-state index in [0.717, 1.165) is 5.75 Å². The van der Waals surface area contributed by atoms with E-state index >= 15 is 0 Å². The molecule has 16 heavy (non-hydrogen) atoms. The number of hydrogen-bond donors (Lipinski definition) is 0. The van der Waals surface area contributed by atoms with Gasteiger partial charge in [0, 0.05) is 5.92 Å². The lowest BCUT2D eigenvalue weighted by molar-refractivity contribution is 0.411. The molecule has 0 spiro atoms. The molecular weight excluding hydrogens is 196 g/mol. The van der Waals surface area contributed by atoms with Crippen LogP contribution in [0.25, 0.3) is 0 Å². The SMILES string of the molecule is C=CC(c1ccc(OC)cc1)C(C)(C)C=C. The predicted molar refractivity (Wildman–Crippen MR) is 69.9 cm³/mol. The number of rotatable bonds is 5. The Morgan fingerprint density at radius 2 is 1.75 bits per heavy atom. The number of methoxy groups -OCH3 is 1. The van der Waals surface area contributed by atoms with Crippen LogP contribution in [0.15, 0.2) is 49.6 Å². The van der Waals surface area contributed by atoms with E-state index in [9.17, 15) is 0 Å². The van der Waals surface area contributed by atoms with E-state index in [1.807, 2.05) is 24.3 Å². The Kier molecular flexibility index (Phi) is 3.94. The van der Waals surface area contributed by atoms with Gasteiger partial charge in [0.2, 0.25) is 0 Å². The largest absolute Gasteiger partial charge is 0.497 e. The minimum atomic E-state index is 0.0103. The van der Waals surface area contributed by atoms with Crippen LogP contribution in [0.4, 0.5) is 0 Å². The third-order valence-electron chi connectivity index (χ3n) is 3.04. The summed E-state index contributed by atoms with van der Waals surface area (Å²) >= 11 is 0. The van der Waals surface area contributed by atoms with Crippen LogP contribution in [0.1, 0.15) is 25.3 Å². The highest BCUT2D eigenvalue weighted by Crippen LogP contribution is 2.37. The fraction of sp³-hybridized carbons (Fsp3) is 0.333. The molecule has 1 atom stereocenters. The van der Waals surface area contributed by atoms with Crippen molar-refractivity contribution in [3.63, 3.8) is 0 Å². The first-order valence-corrected chi connectivity index (χ1v) is 5.45. The van der Waals surface area contributed by atoms with Gasteiger partial charge in [0.05, 0.1) is 7.11 Å². The van der Waals surface area contributed by atoms with Gasteiger partial charge in [-0.05, 0) is 23.1 Å². The number of ether oxygens (including phenoxy) is 1. The zero-order valence-electron chi connectivity index (χ0n) is 10.4. The first-order chi connectivity index (χ1) is 7.55. The average Bonchev–Trinajstić information content (AvgIpc) is 2.30. The molecule has 1 rings (SSSR count). The summed E-state index contributed by atoms with van der Waals surface area (Å²) in [6.07, 6.45) is 3.95. The van der Waals surface area contributed by atoms with Crippen molar-refractivity contribution >= 4 is 0 Å². The second-order valence-electron chi connectivity index (χ2n) is 4.51. The zero-order valence-corrected chi connectivity index (χ0v) is 10.4. The van der Waals surface area contributed by atoms with E-state index in [1.165, 1.54) is 5.56 Å². The van der Waals surface area contributed by atoms with Crippen LogP contribution in [0.5, 0.6) is 5.75 Å². The molecule has 0 aliphatic rings. The molecule has 0 saturated carbocycles. The Labute approximate surface area is 98.5 Å². The van der Waals surface area contributed by atoms with Crippen molar-refractivity contribution in [2.75, 3.05) is 7.11 Å². The molecule has 0 aliphatic carbocycles. The monoisotopic (exact) mass is 216 g/mol. The first-order valence-electron chi connectivity index (χ1n) is 5.45. The van der Waals surface area contributed by atoms with Crippen molar-refractivity contribution in [1.29, 1.82) is 0 Å². The normalized spacial score (nSPS) is 12.9. The smallest absolute Gasteiger partial charge is 0.118 e. The van der Waals surface area contributed by atoms with Crippen LogP contribution in [0.2, 0.25) is 0 Å². The van der Waals surface area contributed by atoms with E-state index in [4.69, 9.17) is 4.74 Å². The molecule has 1 aromatic rings. The number of hydrogen-bond acceptors (Lipinski definition) is 1. The lowest BCUT2D eigenvalue weighted by Gasteiger charge is -2.29. The summed E-state index contributed by atoms with van der Waals surface area (Å²) in [5.41, 5.74) is 1.25. The Morgan fingerprint density at radius 1 is 1.19 bits per heavy atom. The summed E-state index contributed by atoms with van der Waals surface area (Å²) in [4.78, 5) is 0. The van der Waals surface area contributed by atoms with Crippen LogP contribution >= 0.6 is 0 Å². The van der Waals surface area contributed by atoms with Gasteiger partial charge >= 0.3 is 0 Å². The lowest BCUT2D eigenvalue weighted by atomic mass is 9.75. The molecule has 0 aromatic heterocycles. The molecule has 0 N–H and O–H groups in total. The maximum Gasteiger partial charge on any atom is 0.118 e. The van der Waals surface area contributed by atoms with Crippen LogP contribution in [0, 0.1) is 5.41 Å². The van der Waals surface area contributed by atoms with E-state index in [-0.39, 0.29) is 11.3 Å². The molecule has 1 unspecified atom stereocenters. The van der Waals surface area contributed by atoms with Gasteiger partial charge in [-0.15, -0.1) is 13.2 Å². The summed E-state index contributed by atoms with van der Waals surface area (Å²) in [5.74, 6) is 1.15. The van der Waals surface area contributed by atoms with Gasteiger partial charge in [0.15, 0.2) is 0 Å². The van der Waals surface area contributed by atoms with E-state index in [2.05, 4.69) is 39.1 Å². The molecule has 0 saturated heterocycles. The molecule has 0 bridgehead atoms. The van der Waals surface area contributed by atoms with Gasteiger partial charge in [0.25, 0.3) is 0 Å². The van der Waals surface area contributed by atoms with E-state index in [0.29, 0.717) is 0 Å². The van der Waals surface area contributed by atoms with Gasteiger partial charge in [-0.2, -0.15) is 0 Å². The molecule has 0 radical (unpaired) electrons. The maximum absolute atomic E-state index is 5.15. The Balaban J connectivity index is 3.04. The molecule has 0 heterocycles. The van der Waals surface area contributed by atoms with Crippen molar-refractivity contribution in [3.8, 4) is 5.75 Å². The Hall–Kier alpha value is -1.50. The van der Waals surface area contributed by atoms with Gasteiger partial charge in [-0.1, -0.05) is 38.1 Å². The third-order valence-corrected chi connectivity index (χ3v) is 3.04. The first kappa shape index (κ1) is 12.6. The van der Waals surface area contributed by atoms with Crippen LogP contribution < -0.4 is 4.74 Å². The highest BCUT2D eigenvalue weighted by atomic mass is 16.5. The molecule has 0 aliphatic heterocycles. The van der Waals surface area contributed by atoms with Crippen LogP contribution in [0.3, 0.4) is 0 Å². The van der Waals surface area contributed by atoms with Crippen molar-refractivity contribution < 1.29 is 4.74 Å². The highest BCUT2D eigenvalue weighted by molar-refractivity contribution is 5.33. The van der Waals surface area contributed by atoms with Crippen molar-refractivity contribution in [2.24, 2.45) is 5.41 Å². The van der Waals surface area contributed by atoms with Crippen molar-refractivity contribution in [2.45, 2.75) is 19.8 Å². The van der Waals surface area contributed by atoms with Gasteiger partial charge in [-0.25, -0.2) is 0 Å². The van der Waals surface area contributed by atoms with Crippen LogP contribution in [-0.4, -0.2) is 7.11 Å². The second-order valence-corrected chi connectivity index (χ2v) is 4.51. The number of allylic oxidation sites excluding steroid dienone is 2. The fourth-order valence-electron chi connectivity index (χ4n) is 1.81. The second kappa shape index (κ2) is 5.02. The highest BCUT2D eigenvalue weighted by Gasteiger charge is 2.25. The summed E-state index contributed by atoms with van der Waals surface area (Å²) in [7, 11) is 1.67. The van der Waals surface area contributed by atoms with E-state index in [1.54, 1.807) is 7.11 Å². The maximum atomic E-state index is 5.15. The molecule has 1 nitrogen and oxygen atoms in total. The molecular formula is C15H20O. The molecule has 1 heteroatoms. The molecule has 86 valence electrons. The summed E-state index contributed by atoms with van der Waals surface area (Å²) in [6, 6.07) is 8.11. The van der Waals surface area contributed by atoms with Gasteiger partial charge in [-0.3, -0.25) is 0 Å². The summed E-state index contributed by atoms with van der Waals surface area (Å²) in [5, 5.41) is 0. The summed E-state index contributed by atoms with van der Waals surface area (Å²) in [6.45, 7) is 12.1. The average molecular weight is 216 g/mol. The molecule has 0 fully saturated rings. The Morgan fingerprint density at radius 3 is 2.12 bits per heavy atom. The lowest BCUT2D eigenvalue weighted by Crippen LogP contribution is -2.17. The Bertz CT molecular complexity index is 360. The van der Waals surface area contributed by atoms with Gasteiger partial charge < -0.3 is 4.74 Å². The summed E-state index contributed by atoms with van der Waals surface area (Å²) < 4.78 is 5.15. The standard InChI is InChI=1S/C15H20O/c1-6-14(15(3,4)7-2)12-8-10-13(16-5)11-9-12/h6-11,14H,1-2H2,3-5H3. The minimum Gasteiger partial charge on any atom is -0.497 e. The number of benzene rings is 1. The van der Waals surface area contributed by atoms with Crippen LogP contribution in [-0.2, 0) is 0 Å². The molecule has 0 amide bonds. The van der Waals surface area contributed by atoms with Gasteiger partial charge in [0.1, 0.15) is 5.75 Å². The van der Waals surface area contributed by atoms with Crippen molar-refractivity contribution in [1.82, 2.24) is 0 Å². The van der Waals surface area contributed by atoms with E-state index < -0.39 is 0 Å². The minimum absolute atomic E-state index is 0.0103. The quantitative estimate of drug-likeness (QED) is 0.671. The molecule has 1 aromatic carbocycles. The topological polar surface area (TPSA) is 9.23 Å². The van der Waals surface area contributed by atoms with Crippen molar-refractivity contribution in [3.05, 3.63) is 55.1 Å². The predicted octanol–water partition coefficient (Wildman–Crippen LogP) is 4.18.